The van der Waals surface area contributed by atoms with Gasteiger partial charge in [-0.15, -0.1) is 0 Å². The first-order valence-electron chi connectivity index (χ1n) is 9.89. The molecule has 160 valence electrons. The largest absolute Gasteiger partial charge is 0.457 e. The first kappa shape index (κ1) is 22.2. The van der Waals surface area contributed by atoms with Gasteiger partial charge in [-0.3, -0.25) is 9.78 Å². The molecule has 0 fully saturated rings. The van der Waals surface area contributed by atoms with Crippen molar-refractivity contribution in [2.75, 3.05) is 17.2 Å². The number of thiocarbonyl (C=S) groups is 1. The number of carbonyl (C=O) groups is 1. The lowest BCUT2D eigenvalue weighted by atomic mass is 10.3. The van der Waals surface area contributed by atoms with E-state index in [9.17, 15) is 9.18 Å². The number of nitrogens with zero attached hydrogens (tertiary/aromatic N) is 1. The standard InChI is InChI=1S/C23H23FN4O2S/c1-2-3-13-26-22(29)21-15-20(12-14-25-21)30-19-10-8-18(9-11-19)28-23(31)27-17-6-4-16(24)5-7-17/h4-12,14-15H,2-3,13H2,1H3,(H,26,29)(H2,27,28,31). The predicted molar refractivity (Wildman–Crippen MR) is 124 cm³/mol. The molecule has 0 radical (unpaired) electrons. The fraction of sp³-hybridized carbons (Fsp3) is 0.174. The number of hydrogen-bond donors (Lipinski definition) is 3. The molecule has 0 aliphatic carbocycles. The maximum atomic E-state index is 13.0. The van der Waals surface area contributed by atoms with E-state index in [1.54, 1.807) is 42.6 Å². The molecule has 0 bridgehead atoms. The highest BCUT2D eigenvalue weighted by atomic mass is 32.1. The Morgan fingerprint density at radius 3 is 2.29 bits per heavy atom. The number of benzene rings is 2. The summed E-state index contributed by atoms with van der Waals surface area (Å²) in [5.74, 6) is 0.593. The van der Waals surface area contributed by atoms with E-state index >= 15 is 0 Å². The van der Waals surface area contributed by atoms with Crippen LogP contribution in [0.15, 0.2) is 66.9 Å². The van der Waals surface area contributed by atoms with E-state index in [4.69, 9.17) is 17.0 Å². The molecule has 0 aliphatic heterocycles. The Balaban J connectivity index is 1.55. The van der Waals surface area contributed by atoms with Crippen molar-refractivity contribution >= 4 is 34.6 Å². The molecule has 3 aromatic rings. The molecule has 0 saturated carbocycles. The molecule has 0 aliphatic rings. The molecule has 1 heterocycles. The lowest BCUT2D eigenvalue weighted by molar-refractivity contribution is 0.0948. The number of unbranched alkanes of at least 4 members (excludes halogenated alkanes) is 1. The van der Waals surface area contributed by atoms with Gasteiger partial charge in [0.15, 0.2) is 5.11 Å². The molecular formula is C23H23FN4O2S. The number of pyridine rings is 1. The lowest BCUT2D eigenvalue weighted by Crippen LogP contribution is -2.25. The zero-order valence-corrected chi connectivity index (χ0v) is 17.8. The summed E-state index contributed by atoms with van der Waals surface area (Å²) in [6.07, 6.45) is 3.47. The average molecular weight is 439 g/mol. The highest BCUT2D eigenvalue weighted by molar-refractivity contribution is 7.80. The van der Waals surface area contributed by atoms with Crippen molar-refractivity contribution in [2.45, 2.75) is 19.8 Å². The smallest absolute Gasteiger partial charge is 0.270 e. The number of halogens is 1. The highest BCUT2D eigenvalue weighted by Gasteiger charge is 2.08. The van der Waals surface area contributed by atoms with Crippen molar-refractivity contribution in [3.05, 3.63) is 78.4 Å². The topological polar surface area (TPSA) is 75.3 Å². The second kappa shape index (κ2) is 11.0. The van der Waals surface area contributed by atoms with Crippen molar-refractivity contribution in [1.82, 2.24) is 10.3 Å². The number of aromatic nitrogens is 1. The highest BCUT2D eigenvalue weighted by Crippen LogP contribution is 2.23. The summed E-state index contributed by atoms with van der Waals surface area (Å²) in [5.41, 5.74) is 1.76. The average Bonchev–Trinajstić information content (AvgIpc) is 2.77. The zero-order valence-electron chi connectivity index (χ0n) is 17.0. The number of carbonyl (C=O) groups excluding carboxylic acids is 1. The molecular weight excluding hydrogens is 415 g/mol. The number of amides is 1. The normalized spacial score (nSPS) is 10.3. The van der Waals surface area contributed by atoms with Crippen LogP contribution in [-0.2, 0) is 0 Å². The molecule has 0 saturated heterocycles. The Labute approximate surface area is 185 Å². The molecule has 3 N–H and O–H groups in total. The molecule has 1 aromatic heterocycles. The number of hydrogen-bond acceptors (Lipinski definition) is 4. The Hall–Kier alpha value is -3.52. The fourth-order valence-corrected chi connectivity index (χ4v) is 2.87. The van der Waals surface area contributed by atoms with Crippen LogP contribution in [0.1, 0.15) is 30.3 Å². The predicted octanol–water partition coefficient (Wildman–Crippen LogP) is 5.35. The summed E-state index contributed by atoms with van der Waals surface area (Å²) < 4.78 is 18.8. The van der Waals surface area contributed by atoms with E-state index in [2.05, 4.69) is 27.9 Å². The van der Waals surface area contributed by atoms with Gasteiger partial charge in [0.25, 0.3) is 5.91 Å². The first-order chi connectivity index (χ1) is 15.0. The van der Waals surface area contributed by atoms with Gasteiger partial charge in [0.2, 0.25) is 0 Å². The molecule has 31 heavy (non-hydrogen) atoms. The van der Waals surface area contributed by atoms with Crippen LogP contribution in [0, 0.1) is 5.82 Å². The number of ether oxygens (including phenoxy) is 1. The first-order valence-corrected chi connectivity index (χ1v) is 10.3. The third-order valence-electron chi connectivity index (χ3n) is 4.23. The van der Waals surface area contributed by atoms with Gasteiger partial charge in [0.1, 0.15) is 23.0 Å². The van der Waals surface area contributed by atoms with Crippen molar-refractivity contribution < 1.29 is 13.9 Å². The van der Waals surface area contributed by atoms with Gasteiger partial charge in [-0.25, -0.2) is 4.39 Å². The lowest BCUT2D eigenvalue weighted by Gasteiger charge is -2.12. The van der Waals surface area contributed by atoms with Gasteiger partial charge >= 0.3 is 0 Å². The molecule has 6 nitrogen and oxygen atoms in total. The van der Waals surface area contributed by atoms with E-state index in [-0.39, 0.29) is 11.7 Å². The fourth-order valence-electron chi connectivity index (χ4n) is 2.64. The molecule has 3 rings (SSSR count). The zero-order chi connectivity index (χ0) is 22.1. The SMILES string of the molecule is CCCCNC(=O)c1cc(Oc2ccc(NC(=S)Nc3ccc(F)cc3)cc2)ccn1. The van der Waals surface area contributed by atoms with Gasteiger partial charge in [-0.05, 0) is 73.2 Å². The molecule has 1 amide bonds. The second-order valence-electron chi connectivity index (χ2n) is 6.70. The molecule has 0 atom stereocenters. The summed E-state index contributed by atoms with van der Waals surface area (Å²) >= 11 is 5.27. The van der Waals surface area contributed by atoms with E-state index < -0.39 is 0 Å². The summed E-state index contributed by atoms with van der Waals surface area (Å²) in [6, 6.07) is 16.4. The van der Waals surface area contributed by atoms with Crippen LogP contribution < -0.4 is 20.7 Å². The Kier molecular flexibility index (Phi) is 7.89. The minimum atomic E-state index is -0.307. The van der Waals surface area contributed by atoms with Crippen molar-refractivity contribution in [3.63, 3.8) is 0 Å². The van der Waals surface area contributed by atoms with Gasteiger partial charge in [-0.2, -0.15) is 0 Å². The van der Waals surface area contributed by atoms with Crippen LogP contribution >= 0.6 is 12.2 Å². The maximum Gasteiger partial charge on any atom is 0.270 e. The van der Waals surface area contributed by atoms with Gasteiger partial charge in [-0.1, -0.05) is 13.3 Å². The third kappa shape index (κ3) is 7.04. The number of rotatable bonds is 8. The van der Waals surface area contributed by atoms with Gasteiger partial charge < -0.3 is 20.7 Å². The Morgan fingerprint density at radius 1 is 1.00 bits per heavy atom. The van der Waals surface area contributed by atoms with Crippen molar-refractivity contribution in [1.29, 1.82) is 0 Å². The van der Waals surface area contributed by atoms with E-state index in [0.29, 0.717) is 34.5 Å². The Bertz CT molecular complexity index is 1030. The van der Waals surface area contributed by atoms with Crippen LogP contribution in [-0.4, -0.2) is 22.5 Å². The van der Waals surface area contributed by atoms with E-state index in [1.807, 2.05) is 12.1 Å². The van der Waals surface area contributed by atoms with Crippen molar-refractivity contribution in [2.24, 2.45) is 0 Å². The molecule has 8 heteroatoms. The minimum Gasteiger partial charge on any atom is -0.457 e. The third-order valence-corrected chi connectivity index (χ3v) is 4.43. The maximum absolute atomic E-state index is 13.0. The summed E-state index contributed by atoms with van der Waals surface area (Å²) in [5, 5.41) is 9.25. The summed E-state index contributed by atoms with van der Waals surface area (Å²) in [7, 11) is 0. The van der Waals surface area contributed by atoms with Crippen LogP contribution in [0.25, 0.3) is 0 Å². The monoisotopic (exact) mass is 438 g/mol. The number of nitrogens with one attached hydrogen (secondary N) is 3. The van der Waals surface area contributed by atoms with Crippen LogP contribution in [0.2, 0.25) is 0 Å². The van der Waals surface area contributed by atoms with E-state index in [0.717, 1.165) is 18.5 Å². The quantitative estimate of drug-likeness (QED) is 0.325. The molecule has 0 spiro atoms. The van der Waals surface area contributed by atoms with Crippen LogP contribution in [0.4, 0.5) is 15.8 Å². The number of anilines is 2. The molecule has 0 unspecified atom stereocenters. The summed E-state index contributed by atoms with van der Waals surface area (Å²) in [6.45, 7) is 2.68. The van der Waals surface area contributed by atoms with Gasteiger partial charge in [0, 0.05) is 30.2 Å². The summed E-state index contributed by atoms with van der Waals surface area (Å²) in [4.78, 5) is 16.2. The van der Waals surface area contributed by atoms with Gasteiger partial charge in [0.05, 0.1) is 0 Å². The second-order valence-corrected chi connectivity index (χ2v) is 7.11. The Morgan fingerprint density at radius 2 is 1.65 bits per heavy atom. The van der Waals surface area contributed by atoms with Crippen LogP contribution in [0.3, 0.4) is 0 Å². The van der Waals surface area contributed by atoms with Crippen molar-refractivity contribution in [3.8, 4) is 11.5 Å². The minimum absolute atomic E-state index is 0.222. The van der Waals surface area contributed by atoms with Crippen LogP contribution in [0.5, 0.6) is 11.5 Å². The van der Waals surface area contributed by atoms with E-state index in [1.165, 1.54) is 12.1 Å². The molecule has 2 aromatic carbocycles.